The Morgan fingerprint density at radius 3 is 2.41 bits per heavy atom. The summed E-state index contributed by atoms with van der Waals surface area (Å²) in [6.07, 6.45) is 2.59. The Bertz CT molecular complexity index is 255. The van der Waals surface area contributed by atoms with E-state index in [1.807, 2.05) is 0 Å². The summed E-state index contributed by atoms with van der Waals surface area (Å²) in [5.74, 6) is 0. The highest BCUT2D eigenvalue weighted by Crippen LogP contribution is 2.39. The molecule has 0 bridgehead atoms. The van der Waals surface area contributed by atoms with Crippen LogP contribution < -0.4 is 0 Å². The number of rotatable bonds is 4. The molecule has 17 heavy (non-hydrogen) atoms. The monoisotopic (exact) mass is 273 g/mol. The van der Waals surface area contributed by atoms with Crippen LogP contribution in [0.25, 0.3) is 0 Å². The SMILES string of the molecule is CC[C@H]1O[C@@H]([B]P)C[C@H]1O[Si](C)(C)C(C)(C)C. The van der Waals surface area contributed by atoms with Crippen molar-refractivity contribution in [2.45, 2.75) is 76.9 Å². The van der Waals surface area contributed by atoms with E-state index in [0.29, 0.717) is 0 Å². The lowest BCUT2D eigenvalue weighted by Crippen LogP contribution is -2.45. The van der Waals surface area contributed by atoms with Crippen LogP contribution in [0.15, 0.2) is 0 Å². The van der Waals surface area contributed by atoms with Crippen LogP contribution in [0.2, 0.25) is 18.1 Å². The molecule has 1 aliphatic heterocycles. The van der Waals surface area contributed by atoms with Crippen LogP contribution in [0.1, 0.15) is 40.5 Å². The van der Waals surface area contributed by atoms with Crippen LogP contribution in [0.3, 0.4) is 0 Å². The molecule has 0 aliphatic carbocycles. The van der Waals surface area contributed by atoms with Gasteiger partial charge in [0.25, 0.3) is 0 Å². The van der Waals surface area contributed by atoms with Gasteiger partial charge in [-0.2, -0.15) is 9.12 Å². The van der Waals surface area contributed by atoms with Gasteiger partial charge in [-0.25, -0.2) is 0 Å². The topological polar surface area (TPSA) is 18.5 Å². The first-order chi connectivity index (χ1) is 7.71. The molecule has 1 radical (unpaired) electrons. The van der Waals surface area contributed by atoms with E-state index in [1.54, 1.807) is 0 Å². The zero-order valence-corrected chi connectivity index (χ0v) is 14.3. The molecule has 0 N–H and O–H groups in total. The second-order valence-corrected chi connectivity index (χ2v) is 11.6. The largest absolute Gasteiger partial charge is 0.411 e. The molecule has 1 unspecified atom stereocenters. The predicted octanol–water partition coefficient (Wildman–Crippen LogP) is 3.40. The van der Waals surface area contributed by atoms with E-state index in [1.165, 1.54) is 0 Å². The van der Waals surface area contributed by atoms with Gasteiger partial charge in [0.05, 0.1) is 12.2 Å². The van der Waals surface area contributed by atoms with Crippen molar-refractivity contribution in [2.24, 2.45) is 0 Å². The molecular weight excluding hydrogens is 246 g/mol. The van der Waals surface area contributed by atoms with Crippen LogP contribution in [-0.2, 0) is 9.16 Å². The summed E-state index contributed by atoms with van der Waals surface area (Å²) in [7, 11) is 0.987. The van der Waals surface area contributed by atoms with Gasteiger partial charge in [0.2, 0.25) is 0 Å². The minimum atomic E-state index is -1.67. The molecule has 0 aromatic heterocycles. The molecule has 1 rings (SSSR count). The molecule has 1 heterocycles. The zero-order valence-electron chi connectivity index (χ0n) is 12.1. The van der Waals surface area contributed by atoms with Gasteiger partial charge in [-0.05, 0) is 31.0 Å². The minimum Gasteiger partial charge on any atom is -0.411 e. The van der Waals surface area contributed by atoms with Gasteiger partial charge in [0.1, 0.15) is 0 Å². The normalized spacial score (nSPS) is 30.6. The Kier molecular flexibility index (Phi) is 5.29. The minimum absolute atomic E-state index is 0.250. The van der Waals surface area contributed by atoms with E-state index in [4.69, 9.17) is 9.16 Å². The lowest BCUT2D eigenvalue weighted by atomic mass is 9.94. The van der Waals surface area contributed by atoms with E-state index >= 15 is 0 Å². The Morgan fingerprint density at radius 2 is 2.00 bits per heavy atom. The smallest absolute Gasteiger partial charge is 0.192 e. The molecule has 99 valence electrons. The van der Waals surface area contributed by atoms with Gasteiger partial charge in [0.15, 0.2) is 15.3 Å². The van der Waals surface area contributed by atoms with E-state index in [9.17, 15) is 0 Å². The van der Waals surface area contributed by atoms with E-state index in [-0.39, 0.29) is 23.2 Å². The van der Waals surface area contributed by atoms with Gasteiger partial charge in [-0.1, -0.05) is 27.7 Å². The summed E-state index contributed by atoms with van der Waals surface area (Å²) >= 11 is 0. The molecule has 1 saturated heterocycles. The molecule has 0 spiro atoms. The predicted molar refractivity (Wildman–Crippen MR) is 81.1 cm³/mol. The number of ether oxygens (including phenoxy) is 1. The molecular formula is C12H27BO2PSi. The van der Waals surface area contributed by atoms with Gasteiger partial charge in [-0.15, -0.1) is 0 Å². The average Bonchev–Trinajstić information content (AvgIpc) is 2.58. The van der Waals surface area contributed by atoms with E-state index in [2.05, 4.69) is 56.9 Å². The lowest BCUT2D eigenvalue weighted by molar-refractivity contribution is 0.0347. The summed E-state index contributed by atoms with van der Waals surface area (Å²) in [4.78, 5) is 0. The lowest BCUT2D eigenvalue weighted by Gasteiger charge is -2.39. The first-order valence-corrected chi connectivity index (χ1v) is 10.2. The van der Waals surface area contributed by atoms with Crippen molar-refractivity contribution >= 4 is 24.4 Å². The summed E-state index contributed by atoms with van der Waals surface area (Å²) in [5, 5.41) is 0.272. The molecule has 0 aromatic rings. The third-order valence-electron chi connectivity index (χ3n) is 4.10. The van der Waals surface area contributed by atoms with Crippen LogP contribution in [0.4, 0.5) is 0 Å². The van der Waals surface area contributed by atoms with Crippen LogP contribution in [-0.4, -0.2) is 33.5 Å². The number of hydrogen-bond donors (Lipinski definition) is 0. The first kappa shape index (κ1) is 15.7. The van der Waals surface area contributed by atoms with Crippen LogP contribution in [0.5, 0.6) is 0 Å². The van der Waals surface area contributed by atoms with Crippen molar-refractivity contribution in [3.05, 3.63) is 0 Å². The van der Waals surface area contributed by atoms with Crippen molar-refractivity contribution in [1.29, 1.82) is 0 Å². The van der Waals surface area contributed by atoms with Gasteiger partial charge in [-0.3, -0.25) is 0 Å². The fourth-order valence-corrected chi connectivity index (χ4v) is 3.52. The Morgan fingerprint density at radius 1 is 1.41 bits per heavy atom. The van der Waals surface area contributed by atoms with Crippen LogP contribution in [0, 0.1) is 0 Å². The Balaban J connectivity index is 2.67. The molecule has 1 aliphatic rings. The molecule has 2 nitrogen and oxygen atoms in total. The van der Waals surface area contributed by atoms with E-state index in [0.717, 1.165) is 12.8 Å². The van der Waals surface area contributed by atoms with Crippen molar-refractivity contribution in [2.75, 3.05) is 0 Å². The standard InChI is InChI=1S/C12H27BO2PSi/c1-7-9-10(8-11(13-16)14-9)15-17(5,6)12(2,3)4/h9-11H,7-8,16H2,1-6H3/t9-,10-,11-/m1/s1. The maximum Gasteiger partial charge on any atom is 0.192 e. The highest BCUT2D eigenvalue weighted by Gasteiger charge is 2.43. The van der Waals surface area contributed by atoms with Crippen molar-refractivity contribution in [3.63, 3.8) is 0 Å². The van der Waals surface area contributed by atoms with Gasteiger partial charge >= 0.3 is 0 Å². The summed E-state index contributed by atoms with van der Waals surface area (Å²) in [6, 6.07) is 0.250. The van der Waals surface area contributed by atoms with Gasteiger partial charge < -0.3 is 9.16 Å². The van der Waals surface area contributed by atoms with Gasteiger partial charge in [0, 0.05) is 6.00 Å². The Labute approximate surface area is 111 Å². The van der Waals surface area contributed by atoms with E-state index < -0.39 is 8.32 Å². The fourth-order valence-electron chi connectivity index (χ4n) is 1.91. The Hall–Kier alpha value is 0.632. The summed E-state index contributed by atoms with van der Waals surface area (Å²) in [6.45, 7) is 15.7. The second-order valence-electron chi connectivity index (χ2n) is 6.47. The molecule has 4 atom stereocenters. The molecule has 0 saturated carbocycles. The summed E-state index contributed by atoms with van der Waals surface area (Å²) < 4.78 is 12.4. The highest BCUT2D eigenvalue weighted by atomic mass is 31.0. The quantitative estimate of drug-likeness (QED) is 0.577. The third kappa shape index (κ3) is 3.79. The van der Waals surface area contributed by atoms with Crippen LogP contribution >= 0.6 is 9.12 Å². The third-order valence-corrected chi connectivity index (χ3v) is 9.03. The fraction of sp³-hybridized carbons (Fsp3) is 1.00. The molecule has 0 aromatic carbocycles. The molecule has 0 amide bonds. The molecule has 5 heteroatoms. The first-order valence-electron chi connectivity index (χ1n) is 6.59. The zero-order chi connectivity index (χ0) is 13.3. The molecule has 1 fully saturated rings. The average molecular weight is 273 g/mol. The maximum atomic E-state index is 6.48. The maximum absolute atomic E-state index is 6.48. The highest BCUT2D eigenvalue weighted by molar-refractivity contribution is 7.55. The van der Waals surface area contributed by atoms with Crippen molar-refractivity contribution in [3.8, 4) is 0 Å². The number of hydrogen-bond acceptors (Lipinski definition) is 2. The van der Waals surface area contributed by atoms with Crippen molar-refractivity contribution in [1.82, 2.24) is 0 Å². The van der Waals surface area contributed by atoms with Crippen molar-refractivity contribution < 1.29 is 9.16 Å². The second kappa shape index (κ2) is 5.73. The summed E-state index contributed by atoms with van der Waals surface area (Å²) in [5.41, 5.74) is 0.